The molecule has 21 heavy (non-hydrogen) atoms. The third-order valence-electron chi connectivity index (χ3n) is 2.97. The average Bonchev–Trinajstić information content (AvgIpc) is 2.42. The highest BCUT2D eigenvalue weighted by molar-refractivity contribution is 5.91. The maximum Gasteiger partial charge on any atom is 0.328 e. The topological polar surface area (TPSA) is 142 Å². The fourth-order valence-electron chi connectivity index (χ4n) is 1.93. The van der Waals surface area contributed by atoms with Crippen LogP contribution in [-0.4, -0.2) is 56.7 Å². The summed E-state index contributed by atoms with van der Waals surface area (Å²) in [5.41, 5.74) is -1.19. The standard InChI is InChI=1S/C11H12N4O6/c16-7-1-2-9(18)15(13-7)5-10(19)14-4-8(17)12-3-6(14)11(20)21/h1-2,6H,3-5H2,(H,12,17)(H,13,16)(H,20,21). The van der Waals surface area contributed by atoms with E-state index >= 15 is 0 Å². The first-order valence-electron chi connectivity index (χ1n) is 5.97. The van der Waals surface area contributed by atoms with Crippen molar-refractivity contribution in [2.45, 2.75) is 12.6 Å². The molecule has 2 rings (SSSR count). The van der Waals surface area contributed by atoms with E-state index in [0.717, 1.165) is 21.7 Å². The van der Waals surface area contributed by atoms with E-state index in [0.29, 0.717) is 0 Å². The molecule has 0 bridgehead atoms. The first-order chi connectivity index (χ1) is 9.88. The molecule has 1 atom stereocenters. The van der Waals surface area contributed by atoms with Crippen LogP contribution in [0, 0.1) is 0 Å². The second-order valence-corrected chi connectivity index (χ2v) is 4.41. The number of carboxylic acids is 1. The van der Waals surface area contributed by atoms with Crippen molar-refractivity contribution >= 4 is 17.8 Å². The molecule has 2 heterocycles. The predicted molar refractivity (Wildman–Crippen MR) is 67.5 cm³/mol. The van der Waals surface area contributed by atoms with Crippen LogP contribution in [0.5, 0.6) is 0 Å². The Morgan fingerprint density at radius 2 is 2.00 bits per heavy atom. The van der Waals surface area contributed by atoms with E-state index in [1.54, 1.807) is 0 Å². The molecule has 1 fully saturated rings. The minimum atomic E-state index is -1.27. The van der Waals surface area contributed by atoms with Gasteiger partial charge in [0.15, 0.2) is 0 Å². The summed E-state index contributed by atoms with van der Waals surface area (Å²) in [6.45, 7) is -1.17. The van der Waals surface area contributed by atoms with Gasteiger partial charge in [-0.1, -0.05) is 0 Å². The van der Waals surface area contributed by atoms with Crippen LogP contribution >= 0.6 is 0 Å². The zero-order valence-corrected chi connectivity index (χ0v) is 10.7. The largest absolute Gasteiger partial charge is 0.480 e. The summed E-state index contributed by atoms with van der Waals surface area (Å²) in [6.07, 6.45) is 0. The van der Waals surface area contributed by atoms with Crippen LogP contribution in [-0.2, 0) is 20.9 Å². The Kier molecular flexibility index (Phi) is 3.87. The zero-order chi connectivity index (χ0) is 15.6. The number of aliphatic carboxylic acids is 1. The van der Waals surface area contributed by atoms with E-state index in [9.17, 15) is 24.0 Å². The van der Waals surface area contributed by atoms with Crippen molar-refractivity contribution in [1.82, 2.24) is 20.0 Å². The van der Waals surface area contributed by atoms with Gasteiger partial charge in [-0.2, -0.15) is 0 Å². The molecule has 0 aliphatic carbocycles. The van der Waals surface area contributed by atoms with Gasteiger partial charge in [0.05, 0.1) is 0 Å². The number of amides is 2. The number of hydrogen-bond donors (Lipinski definition) is 3. The molecule has 1 saturated heterocycles. The molecule has 112 valence electrons. The van der Waals surface area contributed by atoms with Gasteiger partial charge in [0.25, 0.3) is 11.1 Å². The van der Waals surface area contributed by atoms with E-state index in [2.05, 4.69) is 10.4 Å². The minimum absolute atomic E-state index is 0.208. The van der Waals surface area contributed by atoms with E-state index in [1.807, 2.05) is 0 Å². The molecule has 10 heteroatoms. The Morgan fingerprint density at radius 1 is 1.29 bits per heavy atom. The molecule has 2 amide bonds. The van der Waals surface area contributed by atoms with E-state index in [1.165, 1.54) is 0 Å². The van der Waals surface area contributed by atoms with Crippen LogP contribution in [0.3, 0.4) is 0 Å². The van der Waals surface area contributed by atoms with Crippen LogP contribution in [0.1, 0.15) is 0 Å². The third kappa shape index (κ3) is 3.16. The van der Waals surface area contributed by atoms with Crippen LogP contribution in [0.15, 0.2) is 21.7 Å². The smallest absolute Gasteiger partial charge is 0.328 e. The Morgan fingerprint density at radius 3 is 2.67 bits per heavy atom. The lowest BCUT2D eigenvalue weighted by Gasteiger charge is -2.32. The van der Waals surface area contributed by atoms with E-state index < -0.39 is 48.0 Å². The highest BCUT2D eigenvalue weighted by Gasteiger charge is 2.35. The first kappa shape index (κ1) is 14.5. The SMILES string of the molecule is O=C1CN(C(=O)Cn2[nH]c(=O)ccc2=O)C(C(=O)O)CN1. The normalized spacial score (nSPS) is 18.2. The van der Waals surface area contributed by atoms with Gasteiger partial charge < -0.3 is 15.3 Å². The van der Waals surface area contributed by atoms with Crippen LogP contribution in [0.25, 0.3) is 0 Å². The number of nitrogens with one attached hydrogen (secondary N) is 2. The molecule has 0 aromatic carbocycles. The van der Waals surface area contributed by atoms with Gasteiger partial charge in [-0.15, -0.1) is 0 Å². The minimum Gasteiger partial charge on any atom is -0.480 e. The number of aromatic nitrogens is 2. The summed E-state index contributed by atoms with van der Waals surface area (Å²) >= 11 is 0. The molecule has 1 aliphatic heterocycles. The number of carbonyl (C=O) groups is 3. The number of hydrogen-bond acceptors (Lipinski definition) is 5. The van der Waals surface area contributed by atoms with Crippen LogP contribution in [0.4, 0.5) is 0 Å². The number of carboxylic acid groups (broad SMARTS) is 1. The quantitative estimate of drug-likeness (QED) is 0.541. The molecular weight excluding hydrogens is 284 g/mol. The van der Waals surface area contributed by atoms with Gasteiger partial charge in [-0.3, -0.25) is 24.3 Å². The van der Waals surface area contributed by atoms with Gasteiger partial charge in [-0.25, -0.2) is 9.48 Å². The Balaban J connectivity index is 2.23. The monoisotopic (exact) mass is 296 g/mol. The summed E-state index contributed by atoms with van der Waals surface area (Å²) in [7, 11) is 0. The van der Waals surface area contributed by atoms with Crippen molar-refractivity contribution < 1.29 is 19.5 Å². The number of carbonyl (C=O) groups excluding carboxylic acids is 2. The number of nitrogens with zero attached hydrogens (tertiary/aromatic N) is 2. The van der Waals surface area contributed by atoms with Crippen LogP contribution in [0.2, 0.25) is 0 Å². The molecule has 0 saturated carbocycles. The van der Waals surface area contributed by atoms with Crippen LogP contribution < -0.4 is 16.4 Å². The molecule has 0 spiro atoms. The van der Waals surface area contributed by atoms with Crippen molar-refractivity contribution in [3.63, 3.8) is 0 Å². The fourth-order valence-corrected chi connectivity index (χ4v) is 1.93. The number of aromatic amines is 1. The lowest BCUT2D eigenvalue weighted by atomic mass is 10.2. The number of H-pyrrole nitrogens is 1. The van der Waals surface area contributed by atoms with Gasteiger partial charge in [0.1, 0.15) is 19.1 Å². The van der Waals surface area contributed by atoms with Gasteiger partial charge >= 0.3 is 5.97 Å². The summed E-state index contributed by atoms with van der Waals surface area (Å²) in [5.74, 6) is -2.51. The Hall–Kier alpha value is -2.91. The lowest BCUT2D eigenvalue weighted by Crippen LogP contribution is -2.60. The molecule has 1 unspecified atom stereocenters. The molecular formula is C11H12N4O6. The van der Waals surface area contributed by atoms with Gasteiger partial charge in [-0.05, 0) is 0 Å². The first-order valence-corrected chi connectivity index (χ1v) is 5.97. The average molecular weight is 296 g/mol. The van der Waals surface area contributed by atoms with Gasteiger partial charge in [0.2, 0.25) is 11.8 Å². The second-order valence-electron chi connectivity index (χ2n) is 4.41. The second kappa shape index (κ2) is 5.61. The molecule has 1 aromatic heterocycles. The molecule has 1 aliphatic rings. The van der Waals surface area contributed by atoms with Gasteiger partial charge in [0, 0.05) is 18.7 Å². The highest BCUT2D eigenvalue weighted by atomic mass is 16.4. The Labute approximate surface area is 117 Å². The molecule has 1 aromatic rings. The maximum atomic E-state index is 12.1. The fraction of sp³-hybridized carbons (Fsp3) is 0.364. The van der Waals surface area contributed by atoms with E-state index in [-0.39, 0.29) is 6.54 Å². The number of piperazine rings is 1. The summed E-state index contributed by atoms with van der Waals surface area (Å²) in [6, 6.07) is 0.794. The van der Waals surface area contributed by atoms with Crippen molar-refractivity contribution in [2.24, 2.45) is 0 Å². The van der Waals surface area contributed by atoms with Crippen molar-refractivity contribution in [3.05, 3.63) is 32.8 Å². The summed E-state index contributed by atoms with van der Waals surface area (Å²) < 4.78 is 0.760. The highest BCUT2D eigenvalue weighted by Crippen LogP contribution is 2.05. The molecule has 0 radical (unpaired) electrons. The van der Waals surface area contributed by atoms with Crippen molar-refractivity contribution in [1.29, 1.82) is 0 Å². The van der Waals surface area contributed by atoms with E-state index in [4.69, 9.17) is 5.11 Å². The molecule has 3 N–H and O–H groups in total. The molecule has 10 nitrogen and oxygen atoms in total. The summed E-state index contributed by atoms with van der Waals surface area (Å²) in [5, 5.41) is 13.5. The van der Waals surface area contributed by atoms with Crippen molar-refractivity contribution in [2.75, 3.05) is 13.1 Å². The number of rotatable bonds is 3. The van der Waals surface area contributed by atoms with Crippen molar-refractivity contribution in [3.8, 4) is 0 Å². The Bertz CT molecular complexity index is 705. The zero-order valence-electron chi connectivity index (χ0n) is 10.7. The maximum absolute atomic E-state index is 12.1. The predicted octanol–water partition coefficient (Wildman–Crippen LogP) is -3.05. The lowest BCUT2D eigenvalue weighted by molar-refractivity contribution is -0.154. The third-order valence-corrected chi connectivity index (χ3v) is 2.97. The summed E-state index contributed by atoms with van der Waals surface area (Å²) in [4.78, 5) is 57.9.